The van der Waals surface area contributed by atoms with Crippen molar-refractivity contribution in [1.29, 1.82) is 0 Å². The van der Waals surface area contributed by atoms with E-state index in [0.717, 1.165) is 5.56 Å². The van der Waals surface area contributed by atoms with Crippen molar-refractivity contribution in [2.24, 2.45) is 5.73 Å². The van der Waals surface area contributed by atoms with Crippen molar-refractivity contribution in [3.63, 3.8) is 0 Å². The number of nitrogens with zero attached hydrogens (tertiary/aromatic N) is 3. The summed E-state index contributed by atoms with van der Waals surface area (Å²) < 4.78 is 0. The number of hydrogen-bond donors (Lipinski definition) is 3. The minimum absolute atomic E-state index is 0.106. The third kappa shape index (κ3) is 1.36. The molecule has 0 aromatic carbocycles. The van der Waals surface area contributed by atoms with Gasteiger partial charge >= 0.3 is 0 Å². The van der Waals surface area contributed by atoms with E-state index < -0.39 is 6.04 Å². The molecule has 0 fully saturated rings. The minimum atomic E-state index is -0.409. The molecule has 68 valence electrons. The van der Waals surface area contributed by atoms with Gasteiger partial charge in [0.25, 0.3) is 0 Å². The molecule has 0 amide bonds. The Bertz CT molecular complexity index is 412. The first-order valence-electron chi connectivity index (χ1n) is 3.84. The predicted octanol–water partition coefficient (Wildman–Crippen LogP) is -0.655. The van der Waals surface area contributed by atoms with Crippen LogP contribution in [0.5, 0.6) is 0 Å². The van der Waals surface area contributed by atoms with Crippen LogP contribution in [0.1, 0.15) is 11.6 Å². The maximum Gasteiger partial charge on any atom is 0.201 e. The summed E-state index contributed by atoms with van der Waals surface area (Å²) in [6.07, 6.45) is 1.59. The van der Waals surface area contributed by atoms with E-state index in [1.54, 1.807) is 12.3 Å². The zero-order chi connectivity index (χ0) is 9.26. The number of nitrogens with one attached hydrogen (secondary N) is 1. The van der Waals surface area contributed by atoms with Crippen LogP contribution in [0.4, 0.5) is 0 Å². The Morgan fingerprint density at radius 3 is 3.15 bits per heavy atom. The van der Waals surface area contributed by atoms with Crippen molar-refractivity contribution in [3.8, 4) is 0 Å². The van der Waals surface area contributed by atoms with Crippen molar-refractivity contribution in [2.75, 3.05) is 6.61 Å². The molecule has 0 radical (unpaired) electrons. The number of aromatic nitrogens is 4. The summed E-state index contributed by atoms with van der Waals surface area (Å²) in [5, 5.41) is 18.9. The molecule has 6 nitrogen and oxygen atoms in total. The number of nitrogens with two attached hydrogens (primary N) is 1. The highest BCUT2D eigenvalue weighted by molar-refractivity contribution is 5.69. The summed E-state index contributed by atoms with van der Waals surface area (Å²) in [6, 6.07) is 1.35. The standard InChI is InChI=1S/C7H9N5O/c8-5(3-13)4-1-6-7(9-2-4)11-12-10-6/h1-2,5,13H,3,8H2,(H,9,10,11,12)/t5-/m0/s1. The number of hydrogen-bond acceptors (Lipinski definition) is 5. The van der Waals surface area contributed by atoms with Gasteiger partial charge < -0.3 is 10.8 Å². The molecular weight excluding hydrogens is 170 g/mol. The fraction of sp³-hybridized carbons (Fsp3) is 0.286. The smallest absolute Gasteiger partial charge is 0.201 e. The third-order valence-corrected chi connectivity index (χ3v) is 1.82. The first-order chi connectivity index (χ1) is 6.31. The second-order valence-corrected chi connectivity index (χ2v) is 2.72. The lowest BCUT2D eigenvalue weighted by Gasteiger charge is -2.06. The average Bonchev–Trinajstić information content (AvgIpc) is 2.63. The van der Waals surface area contributed by atoms with E-state index in [-0.39, 0.29) is 6.61 Å². The summed E-state index contributed by atoms with van der Waals surface area (Å²) >= 11 is 0. The number of aliphatic hydroxyl groups is 1. The molecule has 1 atom stereocenters. The van der Waals surface area contributed by atoms with Crippen LogP contribution in [0.3, 0.4) is 0 Å². The molecule has 2 rings (SSSR count). The molecule has 2 aromatic rings. The van der Waals surface area contributed by atoms with E-state index >= 15 is 0 Å². The van der Waals surface area contributed by atoms with E-state index in [4.69, 9.17) is 10.8 Å². The lowest BCUT2D eigenvalue weighted by molar-refractivity contribution is 0.268. The molecule has 0 unspecified atom stereocenters. The van der Waals surface area contributed by atoms with Gasteiger partial charge in [0.2, 0.25) is 5.65 Å². The SMILES string of the molecule is N[C@@H](CO)c1cnc2n[nH]nc2c1. The topological polar surface area (TPSA) is 101 Å². The summed E-state index contributed by atoms with van der Waals surface area (Å²) in [5.41, 5.74) is 7.56. The van der Waals surface area contributed by atoms with Gasteiger partial charge in [-0.25, -0.2) is 4.98 Å². The zero-order valence-corrected chi connectivity index (χ0v) is 6.81. The molecular formula is C7H9N5O. The Morgan fingerprint density at radius 2 is 2.38 bits per heavy atom. The second-order valence-electron chi connectivity index (χ2n) is 2.72. The number of H-pyrrole nitrogens is 1. The molecule has 13 heavy (non-hydrogen) atoms. The van der Waals surface area contributed by atoms with Crippen LogP contribution in [0, 0.1) is 0 Å². The molecule has 2 aromatic heterocycles. The van der Waals surface area contributed by atoms with Gasteiger partial charge in [0.1, 0.15) is 5.52 Å². The molecule has 0 aliphatic rings. The molecule has 4 N–H and O–H groups in total. The van der Waals surface area contributed by atoms with Crippen LogP contribution in [0.25, 0.3) is 11.2 Å². The van der Waals surface area contributed by atoms with E-state index in [2.05, 4.69) is 20.4 Å². The maximum absolute atomic E-state index is 8.81. The number of rotatable bonds is 2. The van der Waals surface area contributed by atoms with E-state index in [1.807, 2.05) is 0 Å². The van der Waals surface area contributed by atoms with Crippen LogP contribution < -0.4 is 5.73 Å². The Morgan fingerprint density at radius 1 is 1.54 bits per heavy atom. The van der Waals surface area contributed by atoms with Crippen LogP contribution >= 0.6 is 0 Å². The first-order valence-corrected chi connectivity index (χ1v) is 3.84. The van der Waals surface area contributed by atoms with Gasteiger partial charge in [-0.1, -0.05) is 0 Å². The van der Waals surface area contributed by atoms with E-state index in [1.165, 1.54) is 0 Å². The Hall–Kier alpha value is -1.53. The monoisotopic (exact) mass is 179 g/mol. The lowest BCUT2D eigenvalue weighted by Crippen LogP contribution is -2.14. The Balaban J connectivity index is 2.48. The molecule has 0 saturated heterocycles. The van der Waals surface area contributed by atoms with Crippen molar-refractivity contribution in [3.05, 3.63) is 17.8 Å². The number of aliphatic hydroxyl groups excluding tert-OH is 1. The van der Waals surface area contributed by atoms with Crippen LogP contribution in [0.15, 0.2) is 12.3 Å². The number of aromatic amines is 1. The van der Waals surface area contributed by atoms with Crippen molar-refractivity contribution in [2.45, 2.75) is 6.04 Å². The molecule has 0 saturated carbocycles. The number of pyridine rings is 1. The molecule has 0 bridgehead atoms. The maximum atomic E-state index is 8.81. The van der Waals surface area contributed by atoms with Crippen LogP contribution in [-0.4, -0.2) is 32.1 Å². The molecule has 0 spiro atoms. The highest BCUT2D eigenvalue weighted by atomic mass is 16.3. The van der Waals surface area contributed by atoms with Gasteiger partial charge in [-0.3, -0.25) is 0 Å². The normalized spacial score (nSPS) is 13.4. The molecule has 0 aliphatic heterocycles. The summed E-state index contributed by atoms with van der Waals surface area (Å²) in [5.74, 6) is 0. The highest BCUT2D eigenvalue weighted by Crippen LogP contribution is 2.12. The van der Waals surface area contributed by atoms with Crippen LogP contribution in [0.2, 0.25) is 0 Å². The van der Waals surface area contributed by atoms with Crippen molar-refractivity contribution < 1.29 is 5.11 Å². The zero-order valence-electron chi connectivity index (χ0n) is 6.81. The Labute approximate surface area is 73.8 Å². The summed E-state index contributed by atoms with van der Waals surface area (Å²) in [7, 11) is 0. The predicted molar refractivity (Wildman–Crippen MR) is 45.7 cm³/mol. The van der Waals surface area contributed by atoms with Gasteiger partial charge in [-0.15, -0.1) is 5.10 Å². The Kier molecular flexibility index (Phi) is 1.91. The van der Waals surface area contributed by atoms with Gasteiger partial charge in [-0.2, -0.15) is 10.3 Å². The van der Waals surface area contributed by atoms with Gasteiger partial charge in [0.15, 0.2) is 0 Å². The molecule has 2 heterocycles. The largest absolute Gasteiger partial charge is 0.394 e. The van der Waals surface area contributed by atoms with E-state index in [9.17, 15) is 0 Å². The molecule has 6 heteroatoms. The lowest BCUT2D eigenvalue weighted by atomic mass is 10.1. The highest BCUT2D eigenvalue weighted by Gasteiger charge is 2.07. The quantitative estimate of drug-likeness (QED) is 0.568. The average molecular weight is 179 g/mol. The van der Waals surface area contributed by atoms with E-state index in [0.29, 0.717) is 11.2 Å². The van der Waals surface area contributed by atoms with Gasteiger partial charge in [-0.05, 0) is 11.6 Å². The van der Waals surface area contributed by atoms with Crippen molar-refractivity contribution >= 4 is 11.2 Å². The summed E-state index contributed by atoms with van der Waals surface area (Å²) in [4.78, 5) is 4.01. The van der Waals surface area contributed by atoms with Crippen LogP contribution in [-0.2, 0) is 0 Å². The van der Waals surface area contributed by atoms with Gasteiger partial charge in [0, 0.05) is 6.20 Å². The second kappa shape index (κ2) is 3.08. The fourth-order valence-electron chi connectivity index (χ4n) is 1.06. The summed E-state index contributed by atoms with van der Waals surface area (Å²) in [6.45, 7) is -0.106. The fourth-order valence-corrected chi connectivity index (χ4v) is 1.06. The van der Waals surface area contributed by atoms with Gasteiger partial charge in [0.05, 0.1) is 12.6 Å². The number of fused-ring (bicyclic) bond motifs is 1. The molecule has 0 aliphatic carbocycles. The minimum Gasteiger partial charge on any atom is -0.394 e. The third-order valence-electron chi connectivity index (χ3n) is 1.82. The van der Waals surface area contributed by atoms with Crippen molar-refractivity contribution in [1.82, 2.24) is 20.4 Å². The first kappa shape index (κ1) is 8.09.